The van der Waals surface area contributed by atoms with Crippen LogP contribution in [0.3, 0.4) is 0 Å². The summed E-state index contributed by atoms with van der Waals surface area (Å²) < 4.78 is 7.71. The normalized spacial score (nSPS) is 14.9. The maximum absolute atomic E-state index is 10.7. The molecule has 17 heavy (non-hydrogen) atoms. The lowest BCUT2D eigenvalue weighted by molar-refractivity contribution is -0.0496. The summed E-state index contributed by atoms with van der Waals surface area (Å²) in [4.78, 5) is 0. The topological polar surface area (TPSA) is 73.3 Å². The molecule has 0 amide bonds. The van der Waals surface area contributed by atoms with Crippen LogP contribution in [0.25, 0.3) is 0 Å². The molecular weight excluding hydrogens is 286 g/mol. The Morgan fingerprint density at radius 1 is 1.65 bits per heavy atom. The quantitative estimate of drug-likeness (QED) is 0.795. The second-order valence-electron chi connectivity index (χ2n) is 4.01. The lowest BCUT2D eigenvalue weighted by Gasteiger charge is -2.28. The Hall–Kier alpha value is -0.430. The zero-order valence-corrected chi connectivity index (χ0v) is 11.9. The highest BCUT2D eigenvalue weighted by Gasteiger charge is 2.34. The second kappa shape index (κ2) is 6.49. The van der Waals surface area contributed by atoms with Crippen LogP contribution in [-0.2, 0) is 16.9 Å². The summed E-state index contributed by atoms with van der Waals surface area (Å²) in [5, 5.41) is 14.9. The molecule has 1 heterocycles. The molecule has 5 nitrogen and oxygen atoms in total. The Bertz CT molecular complexity index is 356. The minimum absolute atomic E-state index is 0.233. The summed E-state index contributed by atoms with van der Waals surface area (Å²) >= 11 is 3.43. The first-order valence-corrected chi connectivity index (χ1v) is 6.51. The van der Waals surface area contributed by atoms with Gasteiger partial charge in [-0.25, -0.2) is 0 Å². The van der Waals surface area contributed by atoms with Crippen molar-refractivity contribution in [3.8, 4) is 0 Å². The molecule has 3 N–H and O–H groups in total. The van der Waals surface area contributed by atoms with E-state index < -0.39 is 5.60 Å². The van der Waals surface area contributed by atoms with Gasteiger partial charge in [-0.3, -0.25) is 4.68 Å². The van der Waals surface area contributed by atoms with Crippen LogP contribution in [0.2, 0.25) is 0 Å². The fourth-order valence-electron chi connectivity index (χ4n) is 1.96. The average molecular weight is 306 g/mol. The first-order valence-electron chi connectivity index (χ1n) is 5.72. The van der Waals surface area contributed by atoms with E-state index in [2.05, 4.69) is 21.0 Å². The smallest absolute Gasteiger partial charge is 0.130 e. The average Bonchev–Trinajstić information content (AvgIpc) is 2.69. The van der Waals surface area contributed by atoms with Crippen molar-refractivity contribution in [3.05, 3.63) is 16.4 Å². The maximum Gasteiger partial charge on any atom is 0.130 e. The fourth-order valence-corrected chi connectivity index (χ4v) is 2.62. The van der Waals surface area contributed by atoms with Crippen molar-refractivity contribution in [1.29, 1.82) is 0 Å². The van der Waals surface area contributed by atoms with Gasteiger partial charge in [-0.05, 0) is 42.2 Å². The van der Waals surface area contributed by atoms with Crippen molar-refractivity contribution in [2.45, 2.75) is 31.9 Å². The molecule has 0 saturated carbocycles. The van der Waals surface area contributed by atoms with Crippen LogP contribution in [0.1, 0.15) is 25.5 Å². The van der Waals surface area contributed by atoms with Crippen LogP contribution in [-0.4, -0.2) is 35.1 Å². The number of nitrogens with zero attached hydrogens (tertiary/aromatic N) is 2. The SMILES string of the molecule is CCn1ncc(Br)c1C(O)(CCCN)COC. The third-order valence-corrected chi connectivity index (χ3v) is 3.29. The Morgan fingerprint density at radius 3 is 2.88 bits per heavy atom. The summed E-state index contributed by atoms with van der Waals surface area (Å²) in [7, 11) is 1.58. The molecule has 1 atom stereocenters. The number of rotatable bonds is 7. The molecule has 0 aliphatic heterocycles. The van der Waals surface area contributed by atoms with Crippen molar-refractivity contribution >= 4 is 15.9 Å². The standard InChI is InChI=1S/C11H20BrN3O2/c1-3-15-10(9(12)7-14-15)11(16,8-17-2)5-4-6-13/h7,16H,3-6,8,13H2,1-2H3. The zero-order chi connectivity index (χ0) is 12.9. The fraction of sp³-hybridized carbons (Fsp3) is 0.727. The summed E-state index contributed by atoms with van der Waals surface area (Å²) in [6, 6.07) is 0. The number of nitrogens with two attached hydrogens (primary N) is 1. The van der Waals surface area contributed by atoms with Gasteiger partial charge in [0.15, 0.2) is 0 Å². The molecule has 0 saturated heterocycles. The van der Waals surface area contributed by atoms with E-state index in [0.29, 0.717) is 19.5 Å². The molecule has 1 unspecified atom stereocenters. The third kappa shape index (κ3) is 3.28. The van der Waals surface area contributed by atoms with Crippen LogP contribution in [0.4, 0.5) is 0 Å². The number of methoxy groups -OCH3 is 1. The van der Waals surface area contributed by atoms with Gasteiger partial charge in [0.05, 0.1) is 23.0 Å². The number of ether oxygens (including phenoxy) is 1. The third-order valence-electron chi connectivity index (χ3n) is 2.71. The molecule has 1 aromatic heterocycles. The Labute approximate surface area is 110 Å². The minimum Gasteiger partial charge on any atom is -0.381 e. The first kappa shape index (κ1) is 14.6. The Kier molecular flexibility index (Phi) is 5.58. The van der Waals surface area contributed by atoms with E-state index in [1.807, 2.05) is 6.92 Å². The van der Waals surface area contributed by atoms with Crippen molar-refractivity contribution in [1.82, 2.24) is 9.78 Å². The predicted octanol–water partition coefficient (Wildman–Crippen LogP) is 1.24. The highest BCUT2D eigenvalue weighted by Crippen LogP contribution is 2.32. The largest absolute Gasteiger partial charge is 0.381 e. The lowest BCUT2D eigenvalue weighted by atomic mass is 9.94. The molecule has 0 aromatic carbocycles. The molecule has 0 spiro atoms. The van der Waals surface area contributed by atoms with E-state index in [1.54, 1.807) is 18.0 Å². The number of aromatic nitrogens is 2. The second-order valence-corrected chi connectivity index (χ2v) is 4.87. The van der Waals surface area contributed by atoms with Gasteiger partial charge in [0.1, 0.15) is 5.60 Å². The highest BCUT2D eigenvalue weighted by molar-refractivity contribution is 9.10. The van der Waals surface area contributed by atoms with Gasteiger partial charge in [0, 0.05) is 13.7 Å². The molecule has 0 radical (unpaired) electrons. The van der Waals surface area contributed by atoms with Gasteiger partial charge < -0.3 is 15.6 Å². The summed E-state index contributed by atoms with van der Waals surface area (Å²) in [5.41, 5.74) is 5.23. The molecule has 98 valence electrons. The summed E-state index contributed by atoms with van der Waals surface area (Å²) in [5.74, 6) is 0. The van der Waals surface area contributed by atoms with E-state index in [1.165, 1.54) is 0 Å². The van der Waals surface area contributed by atoms with E-state index in [0.717, 1.165) is 16.6 Å². The maximum atomic E-state index is 10.7. The number of hydrogen-bond donors (Lipinski definition) is 2. The van der Waals surface area contributed by atoms with Crippen molar-refractivity contribution in [3.63, 3.8) is 0 Å². The summed E-state index contributed by atoms with van der Waals surface area (Å²) in [6.07, 6.45) is 2.99. The summed E-state index contributed by atoms with van der Waals surface area (Å²) in [6.45, 7) is 3.47. The van der Waals surface area contributed by atoms with E-state index >= 15 is 0 Å². The van der Waals surface area contributed by atoms with Gasteiger partial charge in [0.2, 0.25) is 0 Å². The van der Waals surface area contributed by atoms with Gasteiger partial charge >= 0.3 is 0 Å². The molecule has 0 bridgehead atoms. The van der Waals surface area contributed by atoms with Gasteiger partial charge in [0.25, 0.3) is 0 Å². The monoisotopic (exact) mass is 305 g/mol. The van der Waals surface area contributed by atoms with Crippen LogP contribution >= 0.6 is 15.9 Å². The van der Waals surface area contributed by atoms with Crippen LogP contribution in [0.15, 0.2) is 10.7 Å². The van der Waals surface area contributed by atoms with Crippen LogP contribution in [0.5, 0.6) is 0 Å². The number of halogens is 1. The Morgan fingerprint density at radius 2 is 2.35 bits per heavy atom. The molecule has 0 aliphatic carbocycles. The lowest BCUT2D eigenvalue weighted by Crippen LogP contribution is -2.35. The highest BCUT2D eigenvalue weighted by atomic mass is 79.9. The number of aryl methyl sites for hydroxylation is 1. The molecule has 1 aromatic rings. The first-order chi connectivity index (χ1) is 8.09. The Balaban J connectivity index is 3.06. The molecule has 0 fully saturated rings. The molecular formula is C11H20BrN3O2. The van der Waals surface area contributed by atoms with Gasteiger partial charge in [-0.15, -0.1) is 0 Å². The van der Waals surface area contributed by atoms with Gasteiger partial charge in [-0.1, -0.05) is 0 Å². The minimum atomic E-state index is -1.04. The van der Waals surface area contributed by atoms with Crippen molar-refractivity contribution in [2.24, 2.45) is 5.73 Å². The van der Waals surface area contributed by atoms with Crippen molar-refractivity contribution in [2.75, 3.05) is 20.3 Å². The van der Waals surface area contributed by atoms with E-state index in [-0.39, 0.29) is 6.61 Å². The van der Waals surface area contributed by atoms with Gasteiger partial charge in [-0.2, -0.15) is 5.10 Å². The van der Waals surface area contributed by atoms with E-state index in [4.69, 9.17) is 10.5 Å². The van der Waals surface area contributed by atoms with Crippen LogP contribution in [0, 0.1) is 0 Å². The molecule has 6 heteroatoms. The number of hydrogen-bond acceptors (Lipinski definition) is 4. The number of aliphatic hydroxyl groups is 1. The predicted molar refractivity (Wildman–Crippen MR) is 69.7 cm³/mol. The zero-order valence-electron chi connectivity index (χ0n) is 10.3. The molecule has 0 aliphatic rings. The van der Waals surface area contributed by atoms with Crippen LogP contribution < -0.4 is 5.73 Å². The molecule has 1 rings (SSSR count). The van der Waals surface area contributed by atoms with E-state index in [9.17, 15) is 5.11 Å². The van der Waals surface area contributed by atoms with Crippen molar-refractivity contribution < 1.29 is 9.84 Å².